The number of benzene rings is 4. The molecule has 8 nitrogen and oxygen atoms in total. The molecule has 45 heavy (non-hydrogen) atoms. The van der Waals surface area contributed by atoms with Gasteiger partial charge in [0.15, 0.2) is 11.4 Å². The number of carbonyl (C=O) groups is 2. The Kier molecular flexibility index (Phi) is 6.83. The van der Waals surface area contributed by atoms with Gasteiger partial charge in [0, 0.05) is 44.9 Å². The van der Waals surface area contributed by atoms with Gasteiger partial charge >= 0.3 is 0 Å². The second-order valence-corrected chi connectivity index (χ2v) is 12.8. The van der Waals surface area contributed by atoms with Crippen molar-refractivity contribution in [2.75, 3.05) is 12.4 Å². The molecule has 1 aromatic heterocycles. The van der Waals surface area contributed by atoms with Crippen LogP contribution in [0.5, 0.6) is 5.75 Å². The van der Waals surface area contributed by atoms with Gasteiger partial charge in [-0.1, -0.05) is 78.3 Å². The number of ether oxygens (including phenoxy) is 1. The number of nitrogens with one attached hydrogen (secondary N) is 1. The molecule has 5 aromatic rings. The largest absolute Gasteiger partial charge is 0.495 e. The van der Waals surface area contributed by atoms with Crippen LogP contribution in [-0.2, 0) is 10.3 Å². The molecule has 1 atom stereocenters. The van der Waals surface area contributed by atoms with E-state index in [9.17, 15) is 19.7 Å². The zero-order valence-electron chi connectivity index (χ0n) is 24.2. The molecule has 0 aliphatic heterocycles. The van der Waals surface area contributed by atoms with Crippen molar-refractivity contribution in [2.24, 2.45) is 5.41 Å². The van der Waals surface area contributed by atoms with Crippen molar-refractivity contribution < 1.29 is 19.2 Å². The fourth-order valence-corrected chi connectivity index (χ4v) is 8.07. The lowest BCUT2D eigenvalue weighted by Gasteiger charge is -2.52. The monoisotopic (exact) mass is 635 g/mol. The molecule has 0 fully saturated rings. The fraction of sp³-hybridized carbons (Fsp3) is 0.171. The van der Waals surface area contributed by atoms with E-state index in [0.717, 1.165) is 23.0 Å². The normalized spacial score (nSPS) is 21.0. The average molecular weight is 636 g/mol. The Morgan fingerprint density at radius 1 is 1.04 bits per heavy atom. The molecular formula is C35H26ClN3O5S. The number of anilines is 1. The van der Waals surface area contributed by atoms with E-state index in [4.69, 9.17) is 16.3 Å². The first-order chi connectivity index (χ1) is 21.7. The second-order valence-electron chi connectivity index (χ2n) is 11.6. The van der Waals surface area contributed by atoms with Crippen molar-refractivity contribution in [3.05, 3.63) is 133 Å². The first-order valence-electron chi connectivity index (χ1n) is 14.2. The van der Waals surface area contributed by atoms with Crippen LogP contribution >= 0.6 is 22.9 Å². The highest BCUT2D eigenvalue weighted by molar-refractivity contribution is 7.14. The quantitative estimate of drug-likeness (QED) is 0.110. The lowest BCUT2D eigenvalue weighted by molar-refractivity contribution is -0.573. The van der Waals surface area contributed by atoms with Gasteiger partial charge in [-0.3, -0.25) is 19.7 Å². The standard InChI is InChI=1S/C35H26ClN3O5S/c1-34(19-35(39(42)43)26-9-5-3-7-24(26)31(34)25-8-4-6-10-27(25)35)32(41)38-33-37-29(18-45-33)21-11-13-23(22(15-21)17-40)20-12-14-28(36)30(16-20)44-2/h3-18,31H,19H2,1-2H3,(H,37,38,41). The van der Waals surface area contributed by atoms with Gasteiger partial charge in [-0.25, -0.2) is 4.98 Å². The lowest BCUT2D eigenvalue weighted by atomic mass is 9.49. The first kappa shape index (κ1) is 28.9. The molecule has 1 unspecified atom stereocenters. The van der Waals surface area contributed by atoms with Crippen LogP contribution in [0, 0.1) is 15.5 Å². The van der Waals surface area contributed by atoms with Gasteiger partial charge < -0.3 is 10.1 Å². The third kappa shape index (κ3) is 4.29. The van der Waals surface area contributed by atoms with Crippen molar-refractivity contribution >= 4 is 40.3 Å². The number of hydrogen-bond acceptors (Lipinski definition) is 7. The highest BCUT2D eigenvalue weighted by atomic mass is 35.5. The summed E-state index contributed by atoms with van der Waals surface area (Å²) in [7, 11) is 1.53. The molecular weight excluding hydrogens is 610 g/mol. The summed E-state index contributed by atoms with van der Waals surface area (Å²) in [4.78, 5) is 43.6. The van der Waals surface area contributed by atoms with Gasteiger partial charge in [0.1, 0.15) is 5.75 Å². The number of methoxy groups -OCH3 is 1. The summed E-state index contributed by atoms with van der Waals surface area (Å²) in [6.07, 6.45) is 0.810. The third-order valence-corrected chi connectivity index (χ3v) is 10.3. The summed E-state index contributed by atoms with van der Waals surface area (Å²) in [6.45, 7) is 1.81. The molecule has 10 heteroatoms. The molecule has 0 spiro atoms. The van der Waals surface area contributed by atoms with Crippen LogP contribution in [0.25, 0.3) is 22.4 Å². The molecule has 3 aliphatic carbocycles. The van der Waals surface area contributed by atoms with E-state index in [2.05, 4.69) is 10.3 Å². The number of hydrogen-bond donors (Lipinski definition) is 1. The Bertz CT molecular complexity index is 1990. The minimum absolute atomic E-state index is 0.0232. The summed E-state index contributed by atoms with van der Waals surface area (Å²) in [6, 6.07) is 25.6. The Balaban J connectivity index is 1.21. The lowest BCUT2D eigenvalue weighted by Crippen LogP contribution is -2.57. The van der Waals surface area contributed by atoms with E-state index in [1.807, 2.05) is 79.0 Å². The van der Waals surface area contributed by atoms with Gasteiger partial charge in [0.2, 0.25) is 5.91 Å². The number of halogens is 1. The summed E-state index contributed by atoms with van der Waals surface area (Å²) < 4.78 is 5.33. The van der Waals surface area contributed by atoms with Crippen LogP contribution in [0.4, 0.5) is 5.13 Å². The number of aromatic nitrogens is 1. The molecule has 3 aliphatic rings. The average Bonchev–Trinajstić information content (AvgIpc) is 3.53. The predicted molar refractivity (Wildman–Crippen MR) is 174 cm³/mol. The van der Waals surface area contributed by atoms with Crippen molar-refractivity contribution in [1.29, 1.82) is 0 Å². The Labute approximate surface area is 267 Å². The molecule has 2 bridgehead atoms. The third-order valence-electron chi connectivity index (χ3n) is 9.19. The second kappa shape index (κ2) is 10.6. The summed E-state index contributed by atoms with van der Waals surface area (Å²) >= 11 is 7.44. The summed E-state index contributed by atoms with van der Waals surface area (Å²) in [5, 5.41) is 18.6. The van der Waals surface area contributed by atoms with Gasteiger partial charge in [0.05, 0.1) is 23.2 Å². The zero-order valence-corrected chi connectivity index (χ0v) is 25.8. The van der Waals surface area contributed by atoms with Crippen LogP contribution in [0.1, 0.15) is 51.9 Å². The van der Waals surface area contributed by atoms with E-state index < -0.39 is 11.0 Å². The number of carbonyl (C=O) groups excluding carboxylic acids is 2. The van der Waals surface area contributed by atoms with E-state index >= 15 is 0 Å². The number of nitro groups is 1. The molecule has 224 valence electrons. The zero-order chi connectivity index (χ0) is 31.5. The molecule has 1 N–H and O–H groups in total. The number of fused-ring (bicyclic) bond motifs is 1. The molecule has 0 saturated carbocycles. The number of aldehydes is 1. The van der Waals surface area contributed by atoms with Gasteiger partial charge in [-0.05, 0) is 47.4 Å². The number of thiazole rings is 1. The SMILES string of the molecule is COc1cc(-c2ccc(-c3csc(NC(=O)C4(C)CC5([N+](=O)[O-])c6ccccc6C4c4ccccc45)n3)cc2C=O)ccc1Cl. The topological polar surface area (TPSA) is 111 Å². The maximum absolute atomic E-state index is 14.2. The summed E-state index contributed by atoms with van der Waals surface area (Å²) in [5.74, 6) is -0.185. The van der Waals surface area contributed by atoms with Crippen LogP contribution in [0.15, 0.2) is 90.3 Å². The number of amides is 1. The van der Waals surface area contributed by atoms with E-state index in [0.29, 0.717) is 49.4 Å². The maximum Gasteiger partial charge on any atom is 0.273 e. The van der Waals surface area contributed by atoms with Crippen LogP contribution in [0.2, 0.25) is 5.02 Å². The van der Waals surface area contributed by atoms with Crippen molar-refractivity contribution in [3.8, 4) is 28.1 Å². The molecule has 1 amide bonds. The first-order valence-corrected chi connectivity index (χ1v) is 15.5. The van der Waals surface area contributed by atoms with Gasteiger partial charge in [-0.15, -0.1) is 11.3 Å². The molecule has 8 rings (SSSR count). The van der Waals surface area contributed by atoms with Gasteiger partial charge in [-0.2, -0.15) is 0 Å². The predicted octanol–water partition coefficient (Wildman–Crippen LogP) is 7.97. The highest BCUT2D eigenvalue weighted by Crippen LogP contribution is 2.64. The molecule has 4 aromatic carbocycles. The number of nitrogens with zero attached hydrogens (tertiary/aromatic N) is 2. The van der Waals surface area contributed by atoms with Crippen molar-refractivity contribution in [1.82, 2.24) is 4.98 Å². The van der Waals surface area contributed by atoms with Crippen LogP contribution in [-0.4, -0.2) is 29.2 Å². The maximum atomic E-state index is 14.2. The van der Waals surface area contributed by atoms with E-state index in [-0.39, 0.29) is 23.2 Å². The fourth-order valence-electron chi connectivity index (χ4n) is 7.16. The molecule has 0 radical (unpaired) electrons. The Hall–Kier alpha value is -4.86. The smallest absolute Gasteiger partial charge is 0.273 e. The summed E-state index contributed by atoms with van der Waals surface area (Å²) in [5.41, 5.74) is 3.49. The van der Waals surface area contributed by atoms with E-state index in [1.165, 1.54) is 18.4 Å². The van der Waals surface area contributed by atoms with Crippen LogP contribution in [0.3, 0.4) is 0 Å². The van der Waals surface area contributed by atoms with Crippen molar-refractivity contribution in [2.45, 2.75) is 24.8 Å². The minimum atomic E-state index is -1.54. The van der Waals surface area contributed by atoms with Gasteiger partial charge in [0.25, 0.3) is 5.54 Å². The molecule has 1 heterocycles. The van der Waals surface area contributed by atoms with Crippen molar-refractivity contribution in [3.63, 3.8) is 0 Å². The number of rotatable bonds is 7. The van der Waals surface area contributed by atoms with Crippen LogP contribution < -0.4 is 10.1 Å². The highest BCUT2D eigenvalue weighted by Gasteiger charge is 2.67. The Morgan fingerprint density at radius 3 is 2.36 bits per heavy atom. The molecule has 0 saturated heterocycles. The minimum Gasteiger partial charge on any atom is -0.495 e. The van der Waals surface area contributed by atoms with E-state index in [1.54, 1.807) is 18.2 Å². The Morgan fingerprint density at radius 2 is 1.71 bits per heavy atom.